The molecule has 3 aliphatic rings. The van der Waals surface area contributed by atoms with Gasteiger partial charge in [0.05, 0.1) is 5.92 Å². The van der Waals surface area contributed by atoms with Crippen molar-refractivity contribution in [1.29, 1.82) is 0 Å². The molecular formula is C30H26N+. The van der Waals surface area contributed by atoms with Gasteiger partial charge in [0.2, 0.25) is 0 Å². The van der Waals surface area contributed by atoms with Crippen LogP contribution in [0.4, 0.5) is 0 Å². The molecule has 0 amide bonds. The summed E-state index contributed by atoms with van der Waals surface area (Å²) in [7, 11) is 0. The van der Waals surface area contributed by atoms with Gasteiger partial charge in [-0.15, -0.1) is 0 Å². The minimum atomic E-state index is -0.0832. The third kappa shape index (κ3) is 2.05. The molecule has 2 heterocycles. The Kier molecular flexibility index (Phi) is 3.23. The maximum Gasteiger partial charge on any atom is 0.194 e. The van der Waals surface area contributed by atoms with Crippen molar-refractivity contribution in [2.24, 2.45) is 0 Å². The molecule has 7 rings (SSSR count). The third-order valence-corrected chi connectivity index (χ3v) is 8.09. The van der Waals surface area contributed by atoms with Gasteiger partial charge in [-0.05, 0) is 69.8 Å². The Labute approximate surface area is 184 Å². The van der Waals surface area contributed by atoms with Crippen molar-refractivity contribution in [3.8, 4) is 11.1 Å². The smallest absolute Gasteiger partial charge is 0.192 e. The summed E-state index contributed by atoms with van der Waals surface area (Å²) in [4.78, 5) is 0. The molecule has 150 valence electrons. The molecule has 3 aromatic carbocycles. The van der Waals surface area contributed by atoms with Crippen molar-refractivity contribution < 1.29 is 4.57 Å². The summed E-state index contributed by atoms with van der Waals surface area (Å²) in [5.74, 6) is 0.317. The topological polar surface area (TPSA) is 3.88 Å². The molecule has 0 saturated heterocycles. The molecule has 31 heavy (non-hydrogen) atoms. The largest absolute Gasteiger partial charge is 0.194 e. The van der Waals surface area contributed by atoms with E-state index < -0.39 is 0 Å². The Morgan fingerprint density at radius 1 is 0.806 bits per heavy atom. The highest BCUT2D eigenvalue weighted by Crippen LogP contribution is 2.54. The zero-order valence-corrected chi connectivity index (χ0v) is 18.4. The molecule has 0 radical (unpaired) electrons. The van der Waals surface area contributed by atoms with Gasteiger partial charge in [-0.2, -0.15) is 4.57 Å². The SMILES string of the molecule is Cc1c2c(c3c4c1C(C)(C)[n+]1ccccc1C4c1ccccc1C3)Cc1ccccc1-2. The Morgan fingerprint density at radius 3 is 2.39 bits per heavy atom. The molecule has 0 fully saturated rings. The zero-order chi connectivity index (χ0) is 20.9. The van der Waals surface area contributed by atoms with E-state index in [2.05, 4.69) is 98.3 Å². The van der Waals surface area contributed by atoms with Gasteiger partial charge in [0.1, 0.15) is 0 Å². The first kappa shape index (κ1) is 17.5. The van der Waals surface area contributed by atoms with Gasteiger partial charge in [0.15, 0.2) is 17.4 Å². The summed E-state index contributed by atoms with van der Waals surface area (Å²) in [6.45, 7) is 7.19. The van der Waals surface area contributed by atoms with Gasteiger partial charge >= 0.3 is 0 Å². The van der Waals surface area contributed by atoms with Gasteiger partial charge in [-0.3, -0.25) is 0 Å². The van der Waals surface area contributed by atoms with E-state index in [1.807, 2.05) is 0 Å². The van der Waals surface area contributed by atoms with E-state index in [1.54, 1.807) is 22.3 Å². The molecule has 0 saturated carbocycles. The number of benzene rings is 3. The molecule has 1 atom stereocenters. The normalized spacial score (nSPS) is 18.5. The molecule has 0 bridgehead atoms. The van der Waals surface area contributed by atoms with Crippen LogP contribution in [0.5, 0.6) is 0 Å². The van der Waals surface area contributed by atoms with Crippen molar-refractivity contribution in [3.05, 3.63) is 123 Å². The molecule has 2 aliphatic carbocycles. The van der Waals surface area contributed by atoms with Crippen LogP contribution >= 0.6 is 0 Å². The number of fused-ring (bicyclic) bond motifs is 8. The molecule has 1 nitrogen and oxygen atoms in total. The number of aromatic nitrogens is 1. The summed E-state index contributed by atoms with van der Waals surface area (Å²) in [6.07, 6.45) is 4.41. The van der Waals surface area contributed by atoms with Crippen LogP contribution in [0.1, 0.15) is 70.0 Å². The summed E-state index contributed by atoms with van der Waals surface area (Å²) in [5.41, 5.74) is 16.6. The standard InChI is InChI=1S/C30H26N/c1-18-26-21-12-6-4-10-19(21)16-23(26)24-17-20-11-5-7-13-22(20)27-25-14-8-9-15-31(25)30(2,3)29(18)28(24)27/h4-15,27H,16-17H2,1-3H3/q+1. The van der Waals surface area contributed by atoms with Crippen LogP contribution in [0.3, 0.4) is 0 Å². The summed E-state index contributed by atoms with van der Waals surface area (Å²) < 4.78 is 2.53. The number of nitrogens with zero attached hydrogens (tertiary/aromatic N) is 1. The Hall–Kier alpha value is -3.19. The second-order valence-corrected chi connectivity index (χ2v) is 9.94. The lowest BCUT2D eigenvalue weighted by molar-refractivity contribution is -0.756. The highest BCUT2D eigenvalue weighted by atomic mass is 15.1. The number of hydrogen-bond donors (Lipinski definition) is 0. The van der Waals surface area contributed by atoms with Crippen LogP contribution < -0.4 is 4.57 Å². The van der Waals surface area contributed by atoms with Crippen molar-refractivity contribution in [3.63, 3.8) is 0 Å². The monoisotopic (exact) mass is 400 g/mol. The molecule has 0 spiro atoms. The van der Waals surface area contributed by atoms with E-state index in [0.717, 1.165) is 12.8 Å². The molecule has 1 aromatic heterocycles. The molecule has 1 unspecified atom stereocenters. The highest BCUT2D eigenvalue weighted by Gasteiger charge is 2.50. The van der Waals surface area contributed by atoms with Gasteiger partial charge in [-0.1, -0.05) is 54.6 Å². The lowest BCUT2D eigenvalue weighted by Gasteiger charge is -2.40. The predicted molar refractivity (Wildman–Crippen MR) is 125 cm³/mol. The van der Waals surface area contributed by atoms with Crippen molar-refractivity contribution in [2.45, 2.75) is 45.1 Å². The van der Waals surface area contributed by atoms with Crippen LogP contribution in [0.15, 0.2) is 72.9 Å². The molecular weight excluding hydrogens is 374 g/mol. The first-order chi connectivity index (χ1) is 15.1. The van der Waals surface area contributed by atoms with Crippen LogP contribution in [0.2, 0.25) is 0 Å². The quantitative estimate of drug-likeness (QED) is 0.274. The van der Waals surface area contributed by atoms with Crippen LogP contribution in [-0.4, -0.2) is 0 Å². The highest BCUT2D eigenvalue weighted by molar-refractivity contribution is 5.84. The molecule has 4 aromatic rings. The van der Waals surface area contributed by atoms with Crippen molar-refractivity contribution in [2.75, 3.05) is 0 Å². The van der Waals surface area contributed by atoms with Crippen molar-refractivity contribution in [1.82, 2.24) is 0 Å². The number of hydrogen-bond acceptors (Lipinski definition) is 0. The maximum atomic E-state index is 2.53. The fourth-order valence-electron chi connectivity index (χ4n) is 6.95. The molecule has 1 aliphatic heterocycles. The van der Waals surface area contributed by atoms with Gasteiger partial charge in [-0.25, -0.2) is 0 Å². The van der Waals surface area contributed by atoms with E-state index in [-0.39, 0.29) is 5.54 Å². The first-order valence-corrected chi connectivity index (χ1v) is 11.4. The average Bonchev–Trinajstić information content (AvgIpc) is 3.18. The summed E-state index contributed by atoms with van der Waals surface area (Å²) in [6, 6.07) is 24.9. The van der Waals surface area contributed by atoms with E-state index in [1.165, 1.54) is 39.1 Å². The Balaban J connectivity index is 1.66. The Bertz CT molecular complexity index is 1420. The summed E-state index contributed by atoms with van der Waals surface area (Å²) in [5, 5.41) is 0. The Morgan fingerprint density at radius 2 is 1.52 bits per heavy atom. The predicted octanol–water partition coefficient (Wildman–Crippen LogP) is 6.03. The lowest BCUT2D eigenvalue weighted by Crippen LogP contribution is -2.60. The second kappa shape index (κ2) is 5.73. The molecule has 0 N–H and O–H groups in total. The lowest BCUT2D eigenvalue weighted by atomic mass is 9.65. The van der Waals surface area contributed by atoms with Crippen molar-refractivity contribution >= 4 is 0 Å². The van der Waals surface area contributed by atoms with E-state index >= 15 is 0 Å². The fraction of sp³-hybridized carbons (Fsp3) is 0.233. The zero-order valence-electron chi connectivity index (χ0n) is 18.4. The first-order valence-electron chi connectivity index (χ1n) is 11.4. The van der Waals surface area contributed by atoms with Gasteiger partial charge in [0.25, 0.3) is 0 Å². The fourth-order valence-corrected chi connectivity index (χ4v) is 6.95. The van der Waals surface area contributed by atoms with Crippen LogP contribution in [-0.2, 0) is 18.4 Å². The van der Waals surface area contributed by atoms with E-state index in [0.29, 0.717) is 5.92 Å². The van der Waals surface area contributed by atoms with Crippen LogP contribution in [0.25, 0.3) is 11.1 Å². The molecule has 1 heteroatoms. The maximum absolute atomic E-state index is 2.53. The number of pyridine rings is 1. The van der Waals surface area contributed by atoms with Crippen LogP contribution in [0, 0.1) is 6.92 Å². The minimum absolute atomic E-state index is 0.0832. The second-order valence-electron chi connectivity index (χ2n) is 9.94. The van der Waals surface area contributed by atoms with E-state index in [4.69, 9.17) is 0 Å². The van der Waals surface area contributed by atoms with E-state index in [9.17, 15) is 0 Å². The third-order valence-electron chi connectivity index (χ3n) is 8.09. The average molecular weight is 401 g/mol. The van der Waals surface area contributed by atoms with Gasteiger partial charge < -0.3 is 0 Å². The minimum Gasteiger partial charge on any atom is -0.192 e. The summed E-state index contributed by atoms with van der Waals surface area (Å²) >= 11 is 0. The number of rotatable bonds is 0. The van der Waals surface area contributed by atoms with Gasteiger partial charge in [0, 0.05) is 31.5 Å².